The second-order valence-electron chi connectivity index (χ2n) is 9.88. The van der Waals surface area contributed by atoms with Crippen LogP contribution in [0.15, 0.2) is 28.8 Å². The maximum Gasteiger partial charge on any atom is 0.326 e. The molecule has 13 heteroatoms. The number of carbonyl (C=O) groups excluding carboxylic acids is 2. The van der Waals surface area contributed by atoms with Gasteiger partial charge in [0.05, 0.1) is 15.8 Å². The van der Waals surface area contributed by atoms with Gasteiger partial charge in [-0.3, -0.25) is 14.3 Å². The van der Waals surface area contributed by atoms with E-state index in [1.165, 1.54) is 27.0 Å². The van der Waals surface area contributed by atoms with E-state index in [-0.39, 0.29) is 29.9 Å². The quantitative estimate of drug-likeness (QED) is 0.429. The lowest BCUT2D eigenvalue weighted by atomic mass is 10.0. The van der Waals surface area contributed by atoms with Crippen molar-refractivity contribution in [2.24, 2.45) is 0 Å². The van der Waals surface area contributed by atoms with Gasteiger partial charge in [-0.1, -0.05) is 16.8 Å². The zero-order valence-electron chi connectivity index (χ0n) is 21.1. The van der Waals surface area contributed by atoms with E-state index < -0.39 is 17.9 Å². The normalized spacial score (nSPS) is 18.5. The molecule has 2 N–H and O–H groups in total. The highest BCUT2D eigenvalue weighted by atomic mass is 35.5. The minimum Gasteiger partial charge on any atom is -0.480 e. The third-order valence-electron chi connectivity index (χ3n) is 7.08. The molecule has 11 nitrogen and oxygen atoms in total. The summed E-state index contributed by atoms with van der Waals surface area (Å²) in [6, 6.07) is 6.35. The van der Waals surface area contributed by atoms with Gasteiger partial charge in [-0.2, -0.15) is 5.10 Å². The summed E-state index contributed by atoms with van der Waals surface area (Å²) in [6.45, 7) is 6.52. The second-order valence-corrected chi connectivity index (χ2v) is 11.6. The third kappa shape index (κ3) is 5.47. The van der Waals surface area contributed by atoms with Crippen molar-refractivity contribution in [2.75, 3.05) is 19.6 Å². The smallest absolute Gasteiger partial charge is 0.326 e. The van der Waals surface area contributed by atoms with Gasteiger partial charge in [0.1, 0.15) is 17.4 Å². The number of nitrogens with one attached hydrogen (secondary N) is 1. The van der Waals surface area contributed by atoms with Gasteiger partial charge in [-0.25, -0.2) is 4.79 Å². The number of carbonyl (C=O) groups is 3. The Balaban J connectivity index is 1.37. The molecule has 1 atom stereocenters. The summed E-state index contributed by atoms with van der Waals surface area (Å²) in [5.41, 5.74) is 0.735. The molecule has 2 saturated heterocycles. The number of halogens is 1. The summed E-state index contributed by atoms with van der Waals surface area (Å²) in [5.74, 6) is -1.38. The molecule has 5 heterocycles. The molecule has 0 unspecified atom stereocenters. The van der Waals surface area contributed by atoms with Crippen molar-refractivity contribution < 1.29 is 24.0 Å². The number of piperidine rings is 1. The zero-order chi connectivity index (χ0) is 27.0. The van der Waals surface area contributed by atoms with E-state index in [4.69, 9.17) is 16.1 Å². The van der Waals surface area contributed by atoms with E-state index >= 15 is 0 Å². The molecule has 0 spiro atoms. The molecule has 0 radical (unpaired) electrons. The van der Waals surface area contributed by atoms with E-state index in [1.54, 1.807) is 12.1 Å². The van der Waals surface area contributed by atoms with E-state index in [0.29, 0.717) is 34.8 Å². The Morgan fingerprint density at radius 1 is 1.18 bits per heavy atom. The van der Waals surface area contributed by atoms with Crippen LogP contribution in [-0.2, 0) is 11.3 Å². The van der Waals surface area contributed by atoms with Crippen LogP contribution in [0.25, 0.3) is 10.6 Å². The predicted octanol–water partition coefficient (Wildman–Crippen LogP) is 3.20. The van der Waals surface area contributed by atoms with Crippen LogP contribution in [0.5, 0.6) is 0 Å². The van der Waals surface area contributed by atoms with Crippen LogP contribution >= 0.6 is 22.9 Å². The van der Waals surface area contributed by atoms with Crippen LogP contribution in [-0.4, -0.2) is 85.4 Å². The largest absolute Gasteiger partial charge is 0.480 e. The van der Waals surface area contributed by atoms with Gasteiger partial charge in [0.25, 0.3) is 11.8 Å². The van der Waals surface area contributed by atoms with Crippen LogP contribution < -0.4 is 5.32 Å². The van der Waals surface area contributed by atoms with Gasteiger partial charge in [0.15, 0.2) is 11.5 Å². The van der Waals surface area contributed by atoms with Crippen molar-refractivity contribution in [3.63, 3.8) is 0 Å². The topological polar surface area (TPSA) is 134 Å². The van der Waals surface area contributed by atoms with Gasteiger partial charge in [0.2, 0.25) is 0 Å². The number of carboxylic acid groups (broad SMARTS) is 1. The maximum absolute atomic E-state index is 13.4. The van der Waals surface area contributed by atoms with Crippen LogP contribution in [0.4, 0.5) is 0 Å². The maximum atomic E-state index is 13.4. The molecule has 2 aliphatic heterocycles. The highest BCUT2D eigenvalue weighted by Crippen LogP contribution is 2.31. The Bertz CT molecular complexity index is 1340. The molecule has 38 heavy (non-hydrogen) atoms. The highest BCUT2D eigenvalue weighted by Gasteiger charge is 2.39. The standard InChI is InChI=1S/C25H29ClN6O5S/c1-14(2)30-8-5-15(6-9-30)27-23(33)19-12-17(24(34)31-10-7-18(31)25(35)36)28-32(19)13-16-11-20(37-29-16)21-3-4-22(26)38-21/h3-4,11-12,14-15,18H,5-10,13H2,1-2H3,(H,27,33)(H,35,36)/t18-/m0/s1. The number of likely N-dealkylation sites (tertiary alicyclic amines) is 2. The number of thiophene rings is 1. The van der Waals surface area contributed by atoms with E-state index in [1.807, 2.05) is 6.07 Å². The molecule has 5 rings (SSSR count). The summed E-state index contributed by atoms with van der Waals surface area (Å²) >= 11 is 7.39. The monoisotopic (exact) mass is 560 g/mol. The van der Waals surface area contributed by atoms with Crippen LogP contribution in [0.2, 0.25) is 4.34 Å². The average Bonchev–Trinajstić information content (AvgIpc) is 3.58. The van der Waals surface area contributed by atoms with Gasteiger partial charge in [-0.15, -0.1) is 11.3 Å². The molecular formula is C25H29ClN6O5S. The zero-order valence-corrected chi connectivity index (χ0v) is 22.7. The summed E-state index contributed by atoms with van der Waals surface area (Å²) in [6.07, 6.45) is 2.04. The first kappa shape index (κ1) is 26.4. The Labute approximate surface area is 228 Å². The van der Waals surface area contributed by atoms with Crippen LogP contribution in [0.1, 0.15) is 59.8 Å². The van der Waals surface area contributed by atoms with Gasteiger partial charge in [0, 0.05) is 43.9 Å². The first-order valence-electron chi connectivity index (χ1n) is 12.6. The Kier molecular flexibility index (Phi) is 7.55. The van der Waals surface area contributed by atoms with E-state index in [0.717, 1.165) is 30.8 Å². The van der Waals surface area contributed by atoms with Crippen LogP contribution in [0, 0.1) is 0 Å². The molecule has 2 aliphatic rings. The minimum atomic E-state index is -1.06. The number of rotatable bonds is 8. The number of aromatic nitrogens is 3. The van der Waals surface area contributed by atoms with Crippen molar-refractivity contribution >= 4 is 40.7 Å². The molecule has 3 aromatic rings. The fourth-order valence-electron chi connectivity index (χ4n) is 4.78. The van der Waals surface area contributed by atoms with Crippen LogP contribution in [0.3, 0.4) is 0 Å². The van der Waals surface area contributed by atoms with E-state index in [2.05, 4.69) is 34.3 Å². The molecule has 202 valence electrons. The molecule has 2 amide bonds. The molecular weight excluding hydrogens is 532 g/mol. The minimum absolute atomic E-state index is 0.00834. The van der Waals surface area contributed by atoms with Crippen molar-refractivity contribution in [1.82, 2.24) is 30.1 Å². The number of nitrogens with zero attached hydrogens (tertiary/aromatic N) is 5. The first-order chi connectivity index (χ1) is 18.2. The number of carboxylic acids is 1. The number of hydrogen-bond acceptors (Lipinski definition) is 8. The second kappa shape index (κ2) is 10.9. The number of amides is 2. The lowest BCUT2D eigenvalue weighted by molar-refractivity contribution is -0.146. The Morgan fingerprint density at radius 3 is 2.55 bits per heavy atom. The van der Waals surface area contributed by atoms with Gasteiger partial charge < -0.3 is 24.7 Å². The highest BCUT2D eigenvalue weighted by molar-refractivity contribution is 7.19. The number of aliphatic carboxylic acids is 1. The lowest BCUT2D eigenvalue weighted by Gasteiger charge is -2.37. The third-order valence-corrected chi connectivity index (χ3v) is 8.32. The molecule has 2 fully saturated rings. The molecule has 0 saturated carbocycles. The average molecular weight is 561 g/mol. The predicted molar refractivity (Wildman–Crippen MR) is 140 cm³/mol. The number of hydrogen-bond donors (Lipinski definition) is 2. The summed E-state index contributed by atoms with van der Waals surface area (Å²) < 4.78 is 7.51. The molecule has 3 aromatic heterocycles. The SMILES string of the molecule is CC(C)N1CCC(NC(=O)c2cc(C(=O)N3CC[C@H]3C(=O)O)nn2Cc2cc(-c3ccc(Cl)s3)on2)CC1. The summed E-state index contributed by atoms with van der Waals surface area (Å²) in [4.78, 5) is 42.3. The van der Waals surface area contributed by atoms with E-state index in [9.17, 15) is 19.5 Å². The van der Waals surface area contributed by atoms with Crippen molar-refractivity contribution in [2.45, 2.75) is 57.8 Å². The fourth-order valence-corrected chi connectivity index (χ4v) is 5.77. The van der Waals surface area contributed by atoms with Crippen molar-refractivity contribution in [3.8, 4) is 10.6 Å². The van der Waals surface area contributed by atoms with Crippen molar-refractivity contribution in [1.29, 1.82) is 0 Å². The van der Waals surface area contributed by atoms with Crippen molar-refractivity contribution in [3.05, 3.63) is 45.7 Å². The Hall–Kier alpha value is -3.22. The molecule has 0 bridgehead atoms. The van der Waals surface area contributed by atoms with Gasteiger partial charge >= 0.3 is 5.97 Å². The summed E-state index contributed by atoms with van der Waals surface area (Å²) in [5, 5.41) is 21.0. The molecule has 0 aromatic carbocycles. The Morgan fingerprint density at radius 2 is 1.95 bits per heavy atom. The van der Waals surface area contributed by atoms with Gasteiger partial charge in [-0.05, 0) is 45.2 Å². The fraction of sp³-hybridized carbons (Fsp3) is 0.480. The lowest BCUT2D eigenvalue weighted by Crippen LogP contribution is -2.55. The molecule has 0 aliphatic carbocycles. The summed E-state index contributed by atoms with van der Waals surface area (Å²) in [7, 11) is 0. The first-order valence-corrected chi connectivity index (χ1v) is 13.8.